The van der Waals surface area contributed by atoms with Crippen LogP contribution in [0.15, 0.2) is 66.7 Å². The lowest BCUT2D eigenvalue weighted by molar-refractivity contribution is -0.150. The van der Waals surface area contributed by atoms with Crippen molar-refractivity contribution in [2.75, 3.05) is 34.0 Å². The molecule has 0 aliphatic carbocycles. The van der Waals surface area contributed by atoms with Crippen LogP contribution in [-0.2, 0) is 68.9 Å². The second-order valence-corrected chi connectivity index (χ2v) is 17.8. The van der Waals surface area contributed by atoms with Crippen molar-refractivity contribution in [3.8, 4) is 23.7 Å². The molecule has 3 unspecified atom stereocenters. The van der Waals surface area contributed by atoms with Crippen LogP contribution >= 0.6 is 0 Å². The van der Waals surface area contributed by atoms with E-state index in [4.69, 9.17) is 28.4 Å². The van der Waals surface area contributed by atoms with Crippen molar-refractivity contribution in [2.45, 2.75) is 110 Å². The molecule has 0 spiro atoms. The van der Waals surface area contributed by atoms with Crippen molar-refractivity contribution in [3.63, 3.8) is 0 Å². The summed E-state index contributed by atoms with van der Waals surface area (Å²) in [6.07, 6.45) is -2.24. The van der Waals surface area contributed by atoms with Crippen LogP contribution in [0.1, 0.15) is 99.4 Å². The molecule has 18 heteroatoms. The quantitative estimate of drug-likeness (QED) is 0.0581. The number of ether oxygens (including phenoxy) is 6. The molecular formula is C51H61N5O13. The topological polar surface area (TPSA) is 226 Å². The number of methoxy groups -OCH3 is 2. The highest BCUT2D eigenvalue weighted by Crippen LogP contribution is 2.22. The first-order chi connectivity index (χ1) is 32.7. The maximum atomic E-state index is 13.4. The summed E-state index contributed by atoms with van der Waals surface area (Å²) < 4.78 is 31.3. The van der Waals surface area contributed by atoms with E-state index in [1.165, 1.54) is 19.1 Å². The second kappa shape index (κ2) is 26.1. The minimum atomic E-state index is -0.914. The van der Waals surface area contributed by atoms with Gasteiger partial charge in [-0.1, -0.05) is 72.2 Å². The van der Waals surface area contributed by atoms with Gasteiger partial charge in [-0.25, -0.2) is 24.0 Å². The molecule has 1 heterocycles. The van der Waals surface area contributed by atoms with Gasteiger partial charge in [0.1, 0.15) is 23.3 Å². The fourth-order valence-electron chi connectivity index (χ4n) is 6.76. The Morgan fingerprint density at radius 1 is 0.696 bits per heavy atom. The van der Waals surface area contributed by atoms with Gasteiger partial charge in [0.25, 0.3) is 0 Å². The SMILES string of the molecule is COC(=O)C1CC(NC(=O)OCC#Cc2cc(C#CCOC(=O)NCc3cccc(CNC(=O)OC(C)(C)C)c3)cc(C(C=O)OC)c2)CN1C(=O)CCc1ccc(CNC(=O)OC(C)(C)C)cc1. The molecule has 3 atom stereocenters. The van der Waals surface area contributed by atoms with E-state index in [0.717, 1.165) is 22.3 Å². The van der Waals surface area contributed by atoms with E-state index in [9.17, 15) is 33.6 Å². The number of rotatable bonds is 16. The highest BCUT2D eigenvalue weighted by atomic mass is 16.6. The van der Waals surface area contributed by atoms with E-state index in [1.54, 1.807) is 65.8 Å². The number of aryl methyl sites for hydroxylation is 1. The van der Waals surface area contributed by atoms with E-state index < -0.39 is 59.7 Å². The lowest BCUT2D eigenvalue weighted by Gasteiger charge is -2.22. The molecule has 1 saturated heterocycles. The first-order valence-electron chi connectivity index (χ1n) is 22.2. The zero-order valence-electron chi connectivity index (χ0n) is 40.3. The van der Waals surface area contributed by atoms with Gasteiger partial charge in [0.2, 0.25) is 5.91 Å². The van der Waals surface area contributed by atoms with Crippen molar-refractivity contribution in [1.29, 1.82) is 0 Å². The van der Waals surface area contributed by atoms with Crippen LogP contribution in [0, 0.1) is 23.7 Å². The Morgan fingerprint density at radius 2 is 1.22 bits per heavy atom. The number of nitrogens with one attached hydrogen (secondary N) is 4. The number of alkyl carbamates (subject to hydrolysis) is 4. The predicted octanol–water partition coefficient (Wildman–Crippen LogP) is 5.75. The maximum Gasteiger partial charge on any atom is 0.408 e. The van der Waals surface area contributed by atoms with Crippen LogP contribution in [0.4, 0.5) is 19.2 Å². The summed E-state index contributed by atoms with van der Waals surface area (Å²) in [6.45, 7) is 10.9. The fraction of sp³-hybridized carbons (Fsp3) is 0.431. The van der Waals surface area contributed by atoms with Crippen LogP contribution in [0.5, 0.6) is 0 Å². The number of esters is 1. The van der Waals surface area contributed by atoms with Gasteiger partial charge in [-0.15, -0.1) is 0 Å². The Hall–Kier alpha value is -7.57. The number of nitrogens with zero attached hydrogens (tertiary/aromatic N) is 1. The Kier molecular flexibility index (Phi) is 20.4. The Bertz CT molecular complexity index is 2420. The minimum Gasteiger partial charge on any atom is -0.467 e. The minimum absolute atomic E-state index is 0.0603. The molecule has 0 radical (unpaired) electrons. The van der Waals surface area contributed by atoms with E-state index in [0.29, 0.717) is 29.4 Å². The largest absolute Gasteiger partial charge is 0.467 e. The number of carbonyl (C=O) groups excluding carboxylic acids is 7. The van der Waals surface area contributed by atoms with Crippen LogP contribution in [0.3, 0.4) is 0 Å². The molecule has 69 heavy (non-hydrogen) atoms. The van der Waals surface area contributed by atoms with Crippen LogP contribution in [0.2, 0.25) is 0 Å². The highest BCUT2D eigenvalue weighted by molar-refractivity contribution is 5.86. The molecule has 4 N–H and O–H groups in total. The summed E-state index contributed by atoms with van der Waals surface area (Å²) in [5.74, 6) is 10.4. The van der Waals surface area contributed by atoms with Crippen LogP contribution in [0.25, 0.3) is 0 Å². The zero-order chi connectivity index (χ0) is 50.6. The van der Waals surface area contributed by atoms with E-state index in [1.807, 2.05) is 42.5 Å². The molecule has 1 fully saturated rings. The van der Waals surface area contributed by atoms with Gasteiger partial charge in [-0.2, -0.15) is 0 Å². The van der Waals surface area contributed by atoms with Crippen molar-refractivity contribution in [2.24, 2.45) is 0 Å². The smallest absolute Gasteiger partial charge is 0.408 e. The molecule has 4 rings (SSSR count). The lowest BCUT2D eigenvalue weighted by atomic mass is 10.0. The fourth-order valence-corrected chi connectivity index (χ4v) is 6.76. The van der Waals surface area contributed by atoms with Crippen molar-refractivity contribution in [1.82, 2.24) is 26.2 Å². The molecular weight excluding hydrogens is 891 g/mol. The highest BCUT2D eigenvalue weighted by Gasteiger charge is 2.40. The lowest BCUT2D eigenvalue weighted by Crippen LogP contribution is -2.42. The van der Waals surface area contributed by atoms with Gasteiger partial charge in [-0.05, 0) is 94.0 Å². The number of likely N-dealkylation sites (tertiary alicyclic amines) is 1. The van der Waals surface area contributed by atoms with Crippen LogP contribution < -0.4 is 21.3 Å². The number of benzene rings is 3. The van der Waals surface area contributed by atoms with Crippen molar-refractivity contribution < 1.29 is 62.0 Å². The van der Waals surface area contributed by atoms with E-state index in [2.05, 4.69) is 44.9 Å². The molecule has 368 valence electrons. The molecule has 0 saturated carbocycles. The standard InChI is InChI=1S/C51H61N5O13/c1-50(2,3)68-47(61)53-29-35-18-16-34(17-19-35)20-21-44(58)56-32-41(28-42(56)45(59)65-8)55-49(63)67-23-11-15-37-24-36(26-40(27-37)43(33-57)64-7)14-10-22-66-46(60)52-30-38-12-9-13-39(25-38)31-54-48(62)69-51(4,5)6/h9,12-13,16-19,24-27,33,41-43H,20-23,28-32H2,1-8H3,(H,52,60)(H,53,61)(H,54,62)(H,55,63). The van der Waals surface area contributed by atoms with E-state index >= 15 is 0 Å². The third-order valence-corrected chi connectivity index (χ3v) is 9.84. The molecule has 3 aromatic carbocycles. The molecule has 18 nitrogen and oxygen atoms in total. The number of carbonyl (C=O) groups is 7. The maximum absolute atomic E-state index is 13.4. The number of hydrogen-bond acceptors (Lipinski definition) is 13. The average molecular weight is 952 g/mol. The van der Waals surface area contributed by atoms with Crippen molar-refractivity contribution >= 4 is 42.5 Å². The summed E-state index contributed by atoms with van der Waals surface area (Å²) in [5.41, 5.74) is 3.45. The Morgan fingerprint density at radius 3 is 1.74 bits per heavy atom. The Labute approximate surface area is 402 Å². The third kappa shape index (κ3) is 19.7. The predicted molar refractivity (Wildman–Crippen MR) is 252 cm³/mol. The van der Waals surface area contributed by atoms with Gasteiger partial charge >= 0.3 is 30.3 Å². The molecule has 5 amide bonds. The first-order valence-corrected chi connectivity index (χ1v) is 22.2. The molecule has 3 aromatic rings. The molecule has 1 aliphatic rings. The summed E-state index contributed by atoms with van der Waals surface area (Å²) >= 11 is 0. The normalized spacial score (nSPS) is 14.5. The van der Waals surface area contributed by atoms with Gasteiger partial charge in [-0.3, -0.25) is 4.79 Å². The second-order valence-electron chi connectivity index (χ2n) is 17.8. The van der Waals surface area contributed by atoms with Gasteiger partial charge in [0.05, 0.1) is 13.2 Å². The summed E-state index contributed by atoms with van der Waals surface area (Å²) in [4.78, 5) is 88.4. The third-order valence-electron chi connectivity index (χ3n) is 9.84. The molecule has 0 bridgehead atoms. The number of amides is 5. The average Bonchev–Trinajstić information content (AvgIpc) is 3.72. The van der Waals surface area contributed by atoms with Gasteiger partial charge in [0, 0.05) is 57.3 Å². The summed E-state index contributed by atoms with van der Waals surface area (Å²) in [5, 5.41) is 10.8. The van der Waals surface area contributed by atoms with Crippen molar-refractivity contribution in [3.05, 3.63) is 106 Å². The monoisotopic (exact) mass is 951 g/mol. The Balaban J connectivity index is 1.26. The first kappa shape index (κ1) is 54.0. The number of hydrogen-bond donors (Lipinski definition) is 4. The molecule has 1 aliphatic heterocycles. The molecule has 0 aromatic heterocycles. The van der Waals surface area contributed by atoms with E-state index in [-0.39, 0.29) is 58.1 Å². The zero-order valence-corrected chi connectivity index (χ0v) is 40.3. The number of aldehydes is 1. The summed E-state index contributed by atoms with van der Waals surface area (Å²) in [6, 6.07) is 18.1. The summed E-state index contributed by atoms with van der Waals surface area (Å²) in [7, 11) is 2.61. The van der Waals surface area contributed by atoms with Gasteiger partial charge < -0.3 is 59.4 Å². The van der Waals surface area contributed by atoms with Crippen LogP contribution in [-0.4, -0.2) is 105 Å². The van der Waals surface area contributed by atoms with Gasteiger partial charge in [0.15, 0.2) is 19.5 Å².